The average molecular weight is 690 g/mol. The SMILES string of the molecule is CCOC(=O)CCc1ccc(-c2ccc(Cc3nc(-c4ccc(Cl)cc4Cl)cn3-c3ccc(N4CC(=O)NS4(=O)=O)cc3)cc2)cc1. The van der Waals surface area contributed by atoms with E-state index in [1.807, 2.05) is 45.8 Å². The molecule has 0 saturated carbocycles. The quantitative estimate of drug-likeness (QED) is 0.162. The van der Waals surface area contributed by atoms with Gasteiger partial charge in [-0.3, -0.25) is 9.59 Å². The summed E-state index contributed by atoms with van der Waals surface area (Å²) in [4.78, 5) is 28.4. The third-order valence-electron chi connectivity index (χ3n) is 7.75. The zero-order valence-corrected chi connectivity index (χ0v) is 27.6. The number of hydrogen-bond donors (Lipinski definition) is 1. The Morgan fingerprint density at radius 3 is 2.13 bits per heavy atom. The fourth-order valence-electron chi connectivity index (χ4n) is 5.39. The molecule has 0 bridgehead atoms. The number of carbonyl (C=O) groups is 2. The van der Waals surface area contributed by atoms with Crippen molar-refractivity contribution in [2.45, 2.75) is 26.2 Å². The van der Waals surface area contributed by atoms with E-state index in [4.69, 9.17) is 32.9 Å². The van der Waals surface area contributed by atoms with Gasteiger partial charge >= 0.3 is 16.2 Å². The van der Waals surface area contributed by atoms with Crippen LogP contribution in [0.3, 0.4) is 0 Å². The van der Waals surface area contributed by atoms with Gasteiger partial charge in [-0.1, -0.05) is 71.7 Å². The van der Waals surface area contributed by atoms with Crippen LogP contribution in [0.5, 0.6) is 0 Å². The number of halogens is 2. The van der Waals surface area contributed by atoms with Gasteiger partial charge in [0.15, 0.2) is 0 Å². The van der Waals surface area contributed by atoms with Crippen molar-refractivity contribution in [1.29, 1.82) is 0 Å². The minimum Gasteiger partial charge on any atom is -0.466 e. The minimum atomic E-state index is -3.92. The summed E-state index contributed by atoms with van der Waals surface area (Å²) in [6.45, 7) is 1.92. The maximum atomic E-state index is 12.3. The highest BCUT2D eigenvalue weighted by Gasteiger charge is 2.34. The highest BCUT2D eigenvalue weighted by molar-refractivity contribution is 7.92. The Bertz CT molecular complexity index is 2050. The molecule has 0 radical (unpaired) electrons. The highest BCUT2D eigenvalue weighted by Crippen LogP contribution is 2.32. The van der Waals surface area contributed by atoms with E-state index in [0.717, 1.165) is 43.6 Å². The van der Waals surface area contributed by atoms with Crippen molar-refractivity contribution in [1.82, 2.24) is 14.3 Å². The molecule has 1 saturated heterocycles. The van der Waals surface area contributed by atoms with Crippen LogP contribution in [0.15, 0.2) is 97.2 Å². The molecule has 1 N–H and O–H groups in total. The lowest BCUT2D eigenvalue weighted by atomic mass is 10.0. The summed E-state index contributed by atoms with van der Waals surface area (Å²) in [5.41, 5.74) is 6.73. The van der Waals surface area contributed by atoms with Crippen LogP contribution in [0.25, 0.3) is 28.1 Å². The number of hydrogen-bond acceptors (Lipinski definition) is 6. The monoisotopic (exact) mass is 688 g/mol. The molecule has 0 atom stereocenters. The lowest BCUT2D eigenvalue weighted by molar-refractivity contribution is -0.143. The molecule has 6 rings (SSSR count). The lowest BCUT2D eigenvalue weighted by Gasteiger charge is -2.15. The number of nitrogens with zero attached hydrogens (tertiary/aromatic N) is 3. The largest absolute Gasteiger partial charge is 0.466 e. The first-order valence-electron chi connectivity index (χ1n) is 14.9. The molecule has 9 nitrogen and oxygen atoms in total. The molecule has 1 amide bonds. The number of rotatable bonds is 10. The van der Waals surface area contributed by atoms with Crippen LogP contribution in [-0.4, -0.2) is 43.0 Å². The standard InChI is InChI=1S/C35H30Cl2N4O5S/c1-2-46-35(43)18-7-23-3-8-25(9-4-23)26-10-5-24(6-11-26)19-33-38-32(30-17-12-27(36)20-31(30)37)21-40(33)28-13-15-29(16-14-28)41-22-34(42)39-47(41,44)45/h3-6,8-17,20-21H,2,7,18-19,22H2,1H3,(H,39,42). The van der Waals surface area contributed by atoms with Gasteiger partial charge in [-0.2, -0.15) is 8.42 Å². The molecule has 1 fully saturated rings. The Balaban J connectivity index is 1.26. The van der Waals surface area contributed by atoms with Gasteiger partial charge in [0.05, 0.1) is 23.0 Å². The number of amides is 1. The molecule has 240 valence electrons. The van der Waals surface area contributed by atoms with Crippen LogP contribution in [-0.2, 0) is 37.4 Å². The van der Waals surface area contributed by atoms with Crippen molar-refractivity contribution < 1.29 is 22.7 Å². The van der Waals surface area contributed by atoms with Gasteiger partial charge in [0.1, 0.15) is 12.4 Å². The number of ether oxygens (including phenoxy) is 1. The summed E-state index contributed by atoms with van der Waals surface area (Å²) in [5.74, 6) is -0.0337. The molecule has 1 aliphatic rings. The van der Waals surface area contributed by atoms with E-state index >= 15 is 0 Å². The Morgan fingerprint density at radius 1 is 0.894 bits per heavy atom. The van der Waals surface area contributed by atoms with Crippen molar-refractivity contribution in [2.24, 2.45) is 0 Å². The number of anilines is 1. The summed E-state index contributed by atoms with van der Waals surface area (Å²) in [5, 5.41) is 0.988. The zero-order valence-electron chi connectivity index (χ0n) is 25.3. The molecule has 5 aromatic rings. The van der Waals surface area contributed by atoms with E-state index in [-0.39, 0.29) is 12.5 Å². The van der Waals surface area contributed by atoms with Crippen molar-refractivity contribution in [2.75, 3.05) is 17.5 Å². The molecular formula is C35H30Cl2N4O5S. The van der Waals surface area contributed by atoms with Crippen LogP contribution in [0.2, 0.25) is 10.0 Å². The molecular weight excluding hydrogens is 659 g/mol. The van der Waals surface area contributed by atoms with Crippen molar-refractivity contribution >= 4 is 51.0 Å². The Labute approximate surface area is 282 Å². The summed E-state index contributed by atoms with van der Waals surface area (Å²) >= 11 is 12.7. The molecule has 0 spiro atoms. The first-order valence-corrected chi connectivity index (χ1v) is 17.1. The lowest BCUT2D eigenvalue weighted by Crippen LogP contribution is -2.29. The molecule has 47 heavy (non-hydrogen) atoms. The minimum absolute atomic E-state index is 0.194. The third kappa shape index (κ3) is 7.35. The normalized spacial score (nSPS) is 13.9. The molecule has 1 aliphatic heterocycles. The number of carbonyl (C=O) groups excluding carboxylic acids is 2. The summed E-state index contributed by atoms with van der Waals surface area (Å²) in [7, 11) is -3.92. The van der Waals surface area contributed by atoms with Gasteiger partial charge < -0.3 is 9.30 Å². The maximum Gasteiger partial charge on any atom is 0.326 e. The Morgan fingerprint density at radius 2 is 1.53 bits per heavy atom. The molecule has 0 aliphatic carbocycles. The molecule has 1 aromatic heterocycles. The second kappa shape index (κ2) is 13.6. The van der Waals surface area contributed by atoms with Gasteiger partial charge in [0.2, 0.25) is 0 Å². The van der Waals surface area contributed by atoms with Crippen LogP contribution in [0.4, 0.5) is 5.69 Å². The van der Waals surface area contributed by atoms with E-state index in [9.17, 15) is 18.0 Å². The van der Waals surface area contributed by atoms with Gasteiger partial charge in [-0.15, -0.1) is 0 Å². The fourth-order valence-corrected chi connectivity index (χ4v) is 7.05. The summed E-state index contributed by atoms with van der Waals surface area (Å²) < 4.78 is 34.7. The Hall–Kier alpha value is -4.64. The fraction of sp³-hybridized carbons (Fsp3) is 0.171. The van der Waals surface area contributed by atoms with E-state index in [2.05, 4.69) is 24.3 Å². The van der Waals surface area contributed by atoms with Gasteiger partial charge in [0.25, 0.3) is 5.91 Å². The van der Waals surface area contributed by atoms with Crippen LogP contribution < -0.4 is 9.03 Å². The predicted molar refractivity (Wildman–Crippen MR) is 183 cm³/mol. The molecule has 12 heteroatoms. The van der Waals surface area contributed by atoms with E-state index < -0.39 is 16.1 Å². The van der Waals surface area contributed by atoms with Crippen LogP contribution in [0.1, 0.15) is 30.3 Å². The van der Waals surface area contributed by atoms with E-state index in [1.54, 1.807) is 43.3 Å². The Kier molecular flexibility index (Phi) is 9.35. The number of imidazole rings is 1. The predicted octanol–water partition coefficient (Wildman–Crippen LogP) is 6.78. The second-order valence-electron chi connectivity index (χ2n) is 11.0. The summed E-state index contributed by atoms with van der Waals surface area (Å²) in [6, 6.07) is 28.5. The maximum absolute atomic E-state index is 12.3. The first kappa shape index (κ1) is 32.3. The molecule has 4 aromatic carbocycles. The summed E-state index contributed by atoms with van der Waals surface area (Å²) in [6.07, 6.45) is 3.37. The first-order chi connectivity index (χ1) is 22.6. The van der Waals surface area contributed by atoms with Crippen molar-refractivity contribution in [3.8, 4) is 28.1 Å². The van der Waals surface area contributed by atoms with Crippen molar-refractivity contribution in [3.63, 3.8) is 0 Å². The topological polar surface area (TPSA) is 111 Å². The van der Waals surface area contributed by atoms with E-state index in [0.29, 0.717) is 47.3 Å². The molecule has 2 heterocycles. The number of esters is 1. The number of aromatic nitrogens is 2. The van der Waals surface area contributed by atoms with Crippen molar-refractivity contribution in [3.05, 3.63) is 124 Å². The van der Waals surface area contributed by atoms with Gasteiger partial charge in [-0.25, -0.2) is 14.0 Å². The smallest absolute Gasteiger partial charge is 0.326 e. The number of aryl methyl sites for hydroxylation is 1. The van der Waals surface area contributed by atoms with E-state index in [1.165, 1.54) is 0 Å². The second-order valence-corrected chi connectivity index (χ2v) is 13.4. The van der Waals surface area contributed by atoms with Crippen LogP contribution >= 0.6 is 23.2 Å². The molecule has 0 unspecified atom stereocenters. The average Bonchev–Trinajstić information content (AvgIpc) is 3.59. The zero-order chi connectivity index (χ0) is 33.1. The third-order valence-corrected chi connectivity index (χ3v) is 9.70. The van der Waals surface area contributed by atoms with Gasteiger partial charge in [-0.05, 0) is 78.1 Å². The number of nitrogens with one attached hydrogen (secondary N) is 1. The van der Waals surface area contributed by atoms with Crippen LogP contribution in [0, 0.1) is 0 Å². The van der Waals surface area contributed by atoms with Gasteiger partial charge in [0, 0.05) is 35.3 Å². The highest BCUT2D eigenvalue weighted by atomic mass is 35.5. The number of benzene rings is 4.